The Hall–Kier alpha value is -1.32. The number of carbonyl (C=O) groups excluding carboxylic acids is 2. The van der Waals surface area contributed by atoms with Crippen LogP contribution in [0, 0.1) is 5.92 Å². The van der Waals surface area contributed by atoms with Gasteiger partial charge in [0.2, 0.25) is 0 Å². The molecule has 0 bridgehead atoms. The van der Waals surface area contributed by atoms with Crippen LogP contribution in [0.25, 0.3) is 0 Å². The number of ether oxygens (including phenoxy) is 1. The zero-order chi connectivity index (χ0) is 12.2. The van der Waals surface area contributed by atoms with Crippen LogP contribution in [0.4, 0.5) is 4.79 Å². The molecule has 0 aromatic heterocycles. The molecule has 4 nitrogen and oxygen atoms in total. The smallest absolute Gasteiger partial charge is 0.407 e. The SMILES string of the molecule is CC(C)(C)OC(=O)N[C@H]1CC=CC[C@H]1C=O. The van der Waals surface area contributed by atoms with Crippen molar-refractivity contribution in [2.75, 3.05) is 0 Å². The van der Waals surface area contributed by atoms with E-state index in [9.17, 15) is 9.59 Å². The highest BCUT2D eigenvalue weighted by Crippen LogP contribution is 2.17. The Balaban J connectivity index is 2.49. The number of carbonyl (C=O) groups is 2. The quantitative estimate of drug-likeness (QED) is 0.578. The van der Waals surface area contributed by atoms with Crippen LogP contribution in [0.2, 0.25) is 0 Å². The van der Waals surface area contributed by atoms with Gasteiger partial charge in [0.1, 0.15) is 11.9 Å². The first-order valence-electron chi connectivity index (χ1n) is 5.52. The molecule has 0 spiro atoms. The second-order valence-corrected chi connectivity index (χ2v) is 5.00. The van der Waals surface area contributed by atoms with Crippen LogP contribution < -0.4 is 5.32 Å². The standard InChI is InChI=1S/C12H19NO3/c1-12(2,3)16-11(15)13-10-7-5-4-6-9(10)8-14/h4-5,8-10H,6-7H2,1-3H3,(H,13,15)/t9-,10-/m0/s1. The van der Waals surface area contributed by atoms with E-state index >= 15 is 0 Å². The summed E-state index contributed by atoms with van der Waals surface area (Å²) in [6.45, 7) is 5.43. The fraction of sp³-hybridized carbons (Fsp3) is 0.667. The van der Waals surface area contributed by atoms with Crippen molar-refractivity contribution in [1.29, 1.82) is 0 Å². The van der Waals surface area contributed by atoms with E-state index in [1.54, 1.807) is 0 Å². The number of alkyl carbamates (subject to hydrolysis) is 1. The van der Waals surface area contributed by atoms with E-state index in [4.69, 9.17) is 4.74 Å². The molecule has 1 N–H and O–H groups in total. The zero-order valence-corrected chi connectivity index (χ0v) is 10.0. The maximum absolute atomic E-state index is 11.5. The van der Waals surface area contributed by atoms with Gasteiger partial charge in [0.15, 0.2) is 0 Å². The lowest BCUT2D eigenvalue weighted by atomic mass is 9.90. The predicted octanol–water partition coefficient (Wildman–Crippen LogP) is 2.04. The molecule has 0 heterocycles. The van der Waals surface area contributed by atoms with Crippen LogP contribution >= 0.6 is 0 Å². The molecule has 16 heavy (non-hydrogen) atoms. The van der Waals surface area contributed by atoms with Crippen LogP contribution in [0.5, 0.6) is 0 Å². The third kappa shape index (κ3) is 4.04. The van der Waals surface area contributed by atoms with Gasteiger partial charge in [0.25, 0.3) is 0 Å². The molecule has 1 aliphatic carbocycles. The Labute approximate surface area is 96.0 Å². The molecule has 2 atom stereocenters. The molecule has 90 valence electrons. The molecule has 0 aromatic rings. The molecule has 0 unspecified atom stereocenters. The summed E-state index contributed by atoms with van der Waals surface area (Å²) in [5.74, 6) is -0.141. The maximum Gasteiger partial charge on any atom is 0.407 e. The van der Waals surface area contributed by atoms with E-state index < -0.39 is 11.7 Å². The van der Waals surface area contributed by atoms with E-state index in [0.717, 1.165) is 6.29 Å². The summed E-state index contributed by atoms with van der Waals surface area (Å²) in [4.78, 5) is 22.3. The number of rotatable bonds is 2. The van der Waals surface area contributed by atoms with Crippen LogP contribution in [0.15, 0.2) is 12.2 Å². The molecular formula is C12H19NO3. The van der Waals surface area contributed by atoms with Crippen molar-refractivity contribution in [1.82, 2.24) is 5.32 Å². The monoisotopic (exact) mass is 225 g/mol. The van der Waals surface area contributed by atoms with E-state index in [0.29, 0.717) is 12.8 Å². The third-order valence-electron chi connectivity index (χ3n) is 2.36. The van der Waals surface area contributed by atoms with Gasteiger partial charge in [-0.05, 0) is 33.6 Å². The van der Waals surface area contributed by atoms with E-state index in [-0.39, 0.29) is 12.0 Å². The minimum absolute atomic E-state index is 0.141. The molecule has 4 heteroatoms. The van der Waals surface area contributed by atoms with Crippen LogP contribution in [-0.2, 0) is 9.53 Å². The van der Waals surface area contributed by atoms with Crippen molar-refractivity contribution >= 4 is 12.4 Å². The van der Waals surface area contributed by atoms with Crippen molar-refractivity contribution in [2.45, 2.75) is 45.3 Å². The highest BCUT2D eigenvalue weighted by atomic mass is 16.6. The average molecular weight is 225 g/mol. The lowest BCUT2D eigenvalue weighted by molar-refractivity contribution is -0.111. The summed E-state index contributed by atoms with van der Waals surface area (Å²) < 4.78 is 5.14. The fourth-order valence-electron chi connectivity index (χ4n) is 1.61. The minimum Gasteiger partial charge on any atom is -0.444 e. The number of allylic oxidation sites excluding steroid dienone is 1. The van der Waals surface area contributed by atoms with Crippen molar-refractivity contribution in [3.8, 4) is 0 Å². The van der Waals surface area contributed by atoms with Crippen LogP contribution in [0.1, 0.15) is 33.6 Å². The fourth-order valence-corrected chi connectivity index (χ4v) is 1.61. The Morgan fingerprint density at radius 2 is 2.00 bits per heavy atom. The molecule has 1 aliphatic rings. The van der Waals surface area contributed by atoms with Gasteiger partial charge in [-0.3, -0.25) is 0 Å². The molecule has 1 amide bonds. The van der Waals surface area contributed by atoms with Gasteiger partial charge in [-0.15, -0.1) is 0 Å². The number of nitrogens with one attached hydrogen (secondary N) is 1. The van der Waals surface area contributed by atoms with Gasteiger partial charge in [-0.2, -0.15) is 0 Å². The topological polar surface area (TPSA) is 55.4 Å². The Kier molecular flexibility index (Phi) is 4.10. The zero-order valence-electron chi connectivity index (χ0n) is 10.0. The molecule has 0 aromatic carbocycles. The summed E-state index contributed by atoms with van der Waals surface area (Å²) in [6, 6.07) is -0.141. The van der Waals surface area contributed by atoms with Gasteiger partial charge in [-0.25, -0.2) is 4.79 Å². The number of amides is 1. The van der Waals surface area contributed by atoms with E-state index in [1.807, 2.05) is 32.9 Å². The Bertz CT molecular complexity index is 291. The Morgan fingerprint density at radius 3 is 2.56 bits per heavy atom. The van der Waals surface area contributed by atoms with Crippen molar-refractivity contribution < 1.29 is 14.3 Å². The van der Waals surface area contributed by atoms with Crippen LogP contribution in [0.3, 0.4) is 0 Å². The first-order chi connectivity index (χ1) is 7.42. The lowest BCUT2D eigenvalue weighted by Gasteiger charge is -2.27. The summed E-state index contributed by atoms with van der Waals surface area (Å²) in [7, 11) is 0. The van der Waals surface area contributed by atoms with Crippen molar-refractivity contribution in [3.05, 3.63) is 12.2 Å². The normalized spacial score (nSPS) is 24.9. The highest BCUT2D eigenvalue weighted by molar-refractivity contribution is 5.69. The minimum atomic E-state index is -0.509. The van der Waals surface area contributed by atoms with Gasteiger partial charge in [0, 0.05) is 12.0 Å². The van der Waals surface area contributed by atoms with Gasteiger partial charge in [0.05, 0.1) is 0 Å². The Morgan fingerprint density at radius 1 is 1.38 bits per heavy atom. The first kappa shape index (κ1) is 12.7. The van der Waals surface area contributed by atoms with Crippen molar-refractivity contribution in [2.24, 2.45) is 5.92 Å². The second-order valence-electron chi connectivity index (χ2n) is 5.00. The third-order valence-corrected chi connectivity index (χ3v) is 2.36. The van der Waals surface area contributed by atoms with Crippen LogP contribution in [-0.4, -0.2) is 24.0 Å². The molecular weight excluding hydrogens is 206 g/mol. The first-order valence-corrected chi connectivity index (χ1v) is 5.52. The largest absolute Gasteiger partial charge is 0.444 e. The highest BCUT2D eigenvalue weighted by Gasteiger charge is 2.25. The predicted molar refractivity (Wildman–Crippen MR) is 61.1 cm³/mol. The average Bonchev–Trinajstić information content (AvgIpc) is 2.15. The van der Waals surface area contributed by atoms with Gasteiger partial charge < -0.3 is 14.8 Å². The molecule has 1 rings (SSSR count). The summed E-state index contributed by atoms with van der Waals surface area (Å²) in [5, 5.41) is 2.73. The van der Waals surface area contributed by atoms with Crippen molar-refractivity contribution in [3.63, 3.8) is 0 Å². The van der Waals surface area contributed by atoms with E-state index in [2.05, 4.69) is 5.32 Å². The molecule has 0 aliphatic heterocycles. The number of aldehydes is 1. The van der Waals surface area contributed by atoms with E-state index in [1.165, 1.54) is 0 Å². The molecule has 0 radical (unpaired) electrons. The molecule has 0 saturated heterocycles. The van der Waals surface area contributed by atoms with Gasteiger partial charge >= 0.3 is 6.09 Å². The lowest BCUT2D eigenvalue weighted by Crippen LogP contribution is -2.44. The maximum atomic E-state index is 11.5. The van der Waals surface area contributed by atoms with Gasteiger partial charge in [-0.1, -0.05) is 12.2 Å². The molecule has 0 saturated carbocycles. The number of hydrogen-bond donors (Lipinski definition) is 1. The second kappa shape index (κ2) is 5.14. The molecule has 0 fully saturated rings. The summed E-state index contributed by atoms with van der Waals surface area (Å²) >= 11 is 0. The summed E-state index contributed by atoms with van der Waals surface area (Å²) in [6.07, 6.45) is 5.74. The summed E-state index contributed by atoms with van der Waals surface area (Å²) in [5.41, 5.74) is -0.509. The number of hydrogen-bond acceptors (Lipinski definition) is 3.